The van der Waals surface area contributed by atoms with E-state index in [0.29, 0.717) is 11.5 Å². The number of hydrogen-bond donors (Lipinski definition) is 0. The normalized spacial score (nSPS) is 20.1. The van der Waals surface area contributed by atoms with Crippen molar-refractivity contribution in [1.82, 2.24) is 4.90 Å². The summed E-state index contributed by atoms with van der Waals surface area (Å²) in [5.74, 6) is 0.555. The molecule has 1 saturated heterocycles. The van der Waals surface area contributed by atoms with E-state index in [1.165, 1.54) is 20.3 Å². The van der Waals surface area contributed by atoms with E-state index in [0.717, 1.165) is 24.8 Å². The third-order valence-corrected chi connectivity index (χ3v) is 4.63. The van der Waals surface area contributed by atoms with Crippen molar-refractivity contribution in [2.24, 2.45) is 0 Å². The van der Waals surface area contributed by atoms with E-state index in [2.05, 4.69) is 18.6 Å². The van der Waals surface area contributed by atoms with Crippen LogP contribution in [0.25, 0.3) is 6.08 Å². The molecule has 1 aliphatic heterocycles. The highest BCUT2D eigenvalue weighted by molar-refractivity contribution is 5.87. The van der Waals surface area contributed by atoms with Crippen molar-refractivity contribution in [1.29, 1.82) is 0 Å². The number of rotatable bonds is 6. The molecule has 2 unspecified atom stereocenters. The van der Waals surface area contributed by atoms with E-state index >= 15 is 0 Å². The quantitative estimate of drug-likeness (QED) is 0.576. The molecule has 0 aromatic heterocycles. The SMILES string of the molecule is COC(=O)/C=C/c1ccc(OCC(=O)N2C(C)CCCC2C)c(OC)c1. The van der Waals surface area contributed by atoms with Crippen LogP contribution in [0.3, 0.4) is 0 Å². The zero-order chi connectivity index (χ0) is 19.1. The molecule has 6 heteroatoms. The molecule has 1 aliphatic rings. The minimum absolute atomic E-state index is 0.0126. The second kappa shape index (κ2) is 9.27. The van der Waals surface area contributed by atoms with E-state index in [-0.39, 0.29) is 24.6 Å². The number of benzene rings is 1. The Hall–Kier alpha value is -2.50. The number of amides is 1. The first-order chi connectivity index (χ1) is 12.5. The monoisotopic (exact) mass is 361 g/mol. The van der Waals surface area contributed by atoms with Gasteiger partial charge in [-0.3, -0.25) is 4.79 Å². The largest absolute Gasteiger partial charge is 0.493 e. The summed E-state index contributed by atoms with van der Waals surface area (Å²) in [6.45, 7) is 4.13. The number of likely N-dealkylation sites (tertiary alicyclic amines) is 1. The fraction of sp³-hybridized carbons (Fsp3) is 0.500. The minimum atomic E-state index is -0.431. The molecule has 1 heterocycles. The summed E-state index contributed by atoms with van der Waals surface area (Å²) in [5, 5.41) is 0. The van der Waals surface area contributed by atoms with E-state index in [4.69, 9.17) is 9.47 Å². The molecular weight excluding hydrogens is 334 g/mol. The van der Waals surface area contributed by atoms with Gasteiger partial charge in [0.05, 0.1) is 14.2 Å². The highest BCUT2D eigenvalue weighted by atomic mass is 16.5. The summed E-state index contributed by atoms with van der Waals surface area (Å²) in [6, 6.07) is 5.73. The van der Waals surface area contributed by atoms with Crippen LogP contribution in [0, 0.1) is 0 Å². The summed E-state index contributed by atoms with van der Waals surface area (Å²) in [5.41, 5.74) is 0.768. The van der Waals surface area contributed by atoms with Gasteiger partial charge in [-0.05, 0) is 56.9 Å². The van der Waals surface area contributed by atoms with Crippen LogP contribution >= 0.6 is 0 Å². The molecule has 142 valence electrons. The Morgan fingerprint density at radius 2 is 1.85 bits per heavy atom. The molecule has 1 amide bonds. The molecule has 0 aliphatic carbocycles. The van der Waals surface area contributed by atoms with Crippen molar-refractivity contribution in [3.05, 3.63) is 29.8 Å². The second-order valence-corrected chi connectivity index (χ2v) is 6.49. The zero-order valence-electron chi connectivity index (χ0n) is 15.9. The Labute approximate surface area is 154 Å². The van der Waals surface area contributed by atoms with Crippen molar-refractivity contribution >= 4 is 18.0 Å². The molecular formula is C20H27NO5. The van der Waals surface area contributed by atoms with Gasteiger partial charge in [0.15, 0.2) is 18.1 Å². The highest BCUT2D eigenvalue weighted by Gasteiger charge is 2.29. The molecule has 0 spiro atoms. The van der Waals surface area contributed by atoms with Crippen LogP contribution in [-0.4, -0.2) is 49.7 Å². The van der Waals surface area contributed by atoms with Gasteiger partial charge in [0.1, 0.15) is 0 Å². The summed E-state index contributed by atoms with van der Waals surface area (Å²) in [7, 11) is 2.86. The standard InChI is InChI=1S/C20H27NO5/c1-14-6-5-7-15(2)21(14)19(22)13-26-17-10-8-16(12-18(17)24-3)9-11-20(23)25-4/h8-12,14-15H,5-7,13H2,1-4H3/b11-9+. The van der Waals surface area contributed by atoms with Gasteiger partial charge in [0, 0.05) is 18.2 Å². The van der Waals surface area contributed by atoms with Crippen LogP contribution in [0.1, 0.15) is 38.7 Å². The van der Waals surface area contributed by atoms with Gasteiger partial charge in [-0.25, -0.2) is 4.79 Å². The minimum Gasteiger partial charge on any atom is -0.493 e. The van der Waals surface area contributed by atoms with Crippen molar-refractivity contribution in [2.45, 2.75) is 45.2 Å². The van der Waals surface area contributed by atoms with Gasteiger partial charge in [-0.2, -0.15) is 0 Å². The summed E-state index contributed by atoms with van der Waals surface area (Å²) >= 11 is 0. The Balaban J connectivity index is 2.03. The Morgan fingerprint density at radius 3 is 2.46 bits per heavy atom. The third-order valence-electron chi connectivity index (χ3n) is 4.63. The Bertz CT molecular complexity index is 660. The molecule has 0 saturated carbocycles. The molecule has 0 radical (unpaired) electrons. The van der Waals surface area contributed by atoms with Gasteiger partial charge < -0.3 is 19.1 Å². The lowest BCUT2D eigenvalue weighted by Gasteiger charge is -2.39. The molecule has 26 heavy (non-hydrogen) atoms. The van der Waals surface area contributed by atoms with Gasteiger partial charge in [-0.15, -0.1) is 0 Å². The third kappa shape index (κ3) is 5.00. The highest BCUT2D eigenvalue weighted by Crippen LogP contribution is 2.29. The average molecular weight is 361 g/mol. The Kier molecular flexibility index (Phi) is 7.06. The number of ether oxygens (including phenoxy) is 3. The molecule has 1 aromatic rings. The number of carbonyl (C=O) groups excluding carboxylic acids is 2. The van der Waals surface area contributed by atoms with E-state index in [1.54, 1.807) is 24.3 Å². The maximum absolute atomic E-state index is 12.6. The number of esters is 1. The maximum Gasteiger partial charge on any atom is 0.330 e. The van der Waals surface area contributed by atoms with Crippen LogP contribution in [-0.2, 0) is 14.3 Å². The first-order valence-corrected chi connectivity index (χ1v) is 8.84. The lowest BCUT2D eigenvalue weighted by Crippen LogP contribution is -2.49. The van der Waals surface area contributed by atoms with E-state index in [1.807, 2.05) is 4.90 Å². The van der Waals surface area contributed by atoms with Crippen LogP contribution < -0.4 is 9.47 Å². The maximum atomic E-state index is 12.6. The lowest BCUT2D eigenvalue weighted by molar-refractivity contribution is -0.139. The topological polar surface area (TPSA) is 65.1 Å². The number of methoxy groups -OCH3 is 2. The van der Waals surface area contributed by atoms with Crippen LogP contribution in [0.4, 0.5) is 0 Å². The number of nitrogens with zero attached hydrogens (tertiary/aromatic N) is 1. The molecule has 1 aromatic carbocycles. The molecule has 0 bridgehead atoms. The summed E-state index contributed by atoms with van der Waals surface area (Å²) in [4.78, 5) is 25.7. The second-order valence-electron chi connectivity index (χ2n) is 6.49. The van der Waals surface area contributed by atoms with Crippen molar-refractivity contribution in [2.75, 3.05) is 20.8 Å². The van der Waals surface area contributed by atoms with Crippen molar-refractivity contribution in [3.8, 4) is 11.5 Å². The molecule has 0 N–H and O–H groups in total. The van der Waals surface area contributed by atoms with Crippen LogP contribution in [0.2, 0.25) is 0 Å². The first kappa shape index (κ1) is 19.8. The molecule has 1 fully saturated rings. The zero-order valence-corrected chi connectivity index (χ0v) is 15.9. The van der Waals surface area contributed by atoms with Gasteiger partial charge in [0.2, 0.25) is 0 Å². The number of piperidine rings is 1. The van der Waals surface area contributed by atoms with Crippen LogP contribution in [0.15, 0.2) is 24.3 Å². The Morgan fingerprint density at radius 1 is 1.15 bits per heavy atom. The summed E-state index contributed by atoms with van der Waals surface area (Å²) in [6.07, 6.45) is 6.17. The fourth-order valence-electron chi connectivity index (χ4n) is 3.27. The fourth-order valence-corrected chi connectivity index (χ4v) is 3.27. The predicted octanol–water partition coefficient (Wildman–Crippen LogP) is 3.05. The van der Waals surface area contributed by atoms with E-state index < -0.39 is 5.97 Å². The summed E-state index contributed by atoms with van der Waals surface area (Å²) < 4.78 is 15.6. The number of carbonyl (C=O) groups is 2. The van der Waals surface area contributed by atoms with Crippen molar-refractivity contribution in [3.63, 3.8) is 0 Å². The lowest BCUT2D eigenvalue weighted by atomic mass is 9.97. The molecule has 2 atom stereocenters. The smallest absolute Gasteiger partial charge is 0.330 e. The van der Waals surface area contributed by atoms with Gasteiger partial charge >= 0.3 is 5.97 Å². The van der Waals surface area contributed by atoms with Gasteiger partial charge in [-0.1, -0.05) is 6.07 Å². The average Bonchev–Trinajstić information content (AvgIpc) is 2.64. The van der Waals surface area contributed by atoms with Crippen molar-refractivity contribution < 1.29 is 23.8 Å². The molecule has 2 rings (SSSR count). The molecule has 6 nitrogen and oxygen atoms in total. The van der Waals surface area contributed by atoms with Crippen LogP contribution in [0.5, 0.6) is 11.5 Å². The van der Waals surface area contributed by atoms with Gasteiger partial charge in [0.25, 0.3) is 5.91 Å². The number of hydrogen-bond acceptors (Lipinski definition) is 5. The predicted molar refractivity (Wildman–Crippen MR) is 99.2 cm³/mol. The van der Waals surface area contributed by atoms with E-state index in [9.17, 15) is 9.59 Å². The first-order valence-electron chi connectivity index (χ1n) is 8.84.